The lowest BCUT2D eigenvalue weighted by molar-refractivity contribution is -0.135. The highest BCUT2D eigenvalue weighted by Gasteiger charge is 2.16. The highest BCUT2D eigenvalue weighted by atomic mass is 16.4. The SMILES string of the molecule is CCn1c2ccc(C(=O)c3ccccc3C)cc2c2cc(/C(C)=N/CC(=O)O)ccc21. The molecule has 0 spiro atoms. The van der Waals surface area contributed by atoms with Gasteiger partial charge in [-0.1, -0.05) is 30.3 Å². The van der Waals surface area contributed by atoms with Crippen LogP contribution in [0.1, 0.15) is 40.9 Å². The fourth-order valence-corrected chi connectivity index (χ4v) is 4.07. The highest BCUT2D eigenvalue weighted by molar-refractivity contribution is 6.16. The van der Waals surface area contributed by atoms with Crippen LogP contribution in [0, 0.1) is 6.92 Å². The minimum atomic E-state index is -0.956. The second-order valence-electron chi connectivity index (χ2n) is 7.65. The van der Waals surface area contributed by atoms with E-state index in [1.807, 2.05) is 74.5 Å². The summed E-state index contributed by atoms with van der Waals surface area (Å²) in [4.78, 5) is 28.2. The van der Waals surface area contributed by atoms with E-state index < -0.39 is 5.97 Å². The summed E-state index contributed by atoms with van der Waals surface area (Å²) in [7, 11) is 0. The minimum absolute atomic E-state index is 0.00718. The molecule has 1 aromatic heterocycles. The number of ketones is 1. The smallest absolute Gasteiger partial charge is 0.325 e. The number of benzene rings is 3. The summed E-state index contributed by atoms with van der Waals surface area (Å²) in [6, 6.07) is 19.5. The minimum Gasteiger partial charge on any atom is -0.480 e. The Hall–Kier alpha value is -3.73. The molecule has 0 saturated carbocycles. The van der Waals surface area contributed by atoms with E-state index in [1.54, 1.807) is 0 Å². The van der Waals surface area contributed by atoms with Crippen molar-refractivity contribution >= 4 is 39.3 Å². The van der Waals surface area contributed by atoms with Crippen molar-refractivity contribution in [3.63, 3.8) is 0 Å². The van der Waals surface area contributed by atoms with Gasteiger partial charge < -0.3 is 9.67 Å². The van der Waals surface area contributed by atoms with Gasteiger partial charge in [0.15, 0.2) is 5.78 Å². The van der Waals surface area contributed by atoms with Crippen LogP contribution in [0.5, 0.6) is 0 Å². The Labute approximate surface area is 180 Å². The largest absolute Gasteiger partial charge is 0.480 e. The molecule has 3 aromatic carbocycles. The number of carboxylic acid groups (broad SMARTS) is 1. The maximum absolute atomic E-state index is 13.2. The molecule has 0 saturated heterocycles. The first kappa shape index (κ1) is 20.5. The molecular weight excluding hydrogens is 388 g/mol. The molecule has 0 bridgehead atoms. The molecule has 0 amide bonds. The molecule has 0 aliphatic rings. The van der Waals surface area contributed by atoms with Crippen LogP contribution in [0.3, 0.4) is 0 Å². The monoisotopic (exact) mass is 412 g/mol. The number of carbonyl (C=O) groups is 2. The van der Waals surface area contributed by atoms with Gasteiger partial charge in [0, 0.05) is 45.2 Å². The summed E-state index contributed by atoms with van der Waals surface area (Å²) in [6.07, 6.45) is 0. The third-order valence-electron chi connectivity index (χ3n) is 5.70. The zero-order chi connectivity index (χ0) is 22.1. The molecule has 0 aliphatic heterocycles. The molecule has 5 heteroatoms. The molecule has 1 N–H and O–H groups in total. The lowest BCUT2D eigenvalue weighted by Crippen LogP contribution is -2.04. The molecule has 0 atom stereocenters. The third kappa shape index (κ3) is 3.75. The Morgan fingerprint density at radius 1 is 0.935 bits per heavy atom. The van der Waals surface area contributed by atoms with Gasteiger partial charge in [0.25, 0.3) is 0 Å². The van der Waals surface area contributed by atoms with Crippen molar-refractivity contribution in [3.8, 4) is 0 Å². The lowest BCUT2D eigenvalue weighted by Gasteiger charge is -2.06. The number of aliphatic carboxylic acids is 1. The van der Waals surface area contributed by atoms with Crippen LogP contribution < -0.4 is 0 Å². The van der Waals surface area contributed by atoms with Crippen molar-refractivity contribution in [2.24, 2.45) is 4.99 Å². The number of carboxylic acids is 1. The quantitative estimate of drug-likeness (QED) is 0.347. The summed E-state index contributed by atoms with van der Waals surface area (Å²) >= 11 is 0. The van der Waals surface area contributed by atoms with Gasteiger partial charge in [-0.2, -0.15) is 0 Å². The molecular formula is C26H24N2O3. The summed E-state index contributed by atoms with van der Waals surface area (Å²) in [5, 5.41) is 10.9. The number of fused-ring (bicyclic) bond motifs is 3. The summed E-state index contributed by atoms with van der Waals surface area (Å²) in [5.74, 6) is -0.949. The Balaban J connectivity index is 1.89. The van der Waals surface area contributed by atoms with Crippen LogP contribution in [-0.4, -0.2) is 33.7 Å². The Morgan fingerprint density at radius 2 is 1.55 bits per heavy atom. The van der Waals surface area contributed by atoms with Crippen LogP contribution >= 0.6 is 0 Å². The first-order chi connectivity index (χ1) is 14.9. The van der Waals surface area contributed by atoms with Crippen LogP contribution in [0.4, 0.5) is 0 Å². The van der Waals surface area contributed by atoms with E-state index in [2.05, 4.69) is 16.5 Å². The molecule has 0 aliphatic carbocycles. The molecule has 0 radical (unpaired) electrons. The number of nitrogens with zero attached hydrogens (tertiary/aromatic N) is 2. The Kier molecular flexibility index (Phi) is 5.42. The molecule has 0 fully saturated rings. The highest BCUT2D eigenvalue weighted by Crippen LogP contribution is 2.31. The summed E-state index contributed by atoms with van der Waals surface area (Å²) in [5.41, 5.74) is 6.01. The molecule has 31 heavy (non-hydrogen) atoms. The topological polar surface area (TPSA) is 71.7 Å². The zero-order valence-corrected chi connectivity index (χ0v) is 17.8. The first-order valence-electron chi connectivity index (χ1n) is 10.3. The van der Waals surface area contributed by atoms with E-state index in [0.29, 0.717) is 16.8 Å². The number of aliphatic imine (C=N–C) groups is 1. The van der Waals surface area contributed by atoms with E-state index in [1.165, 1.54) is 0 Å². The van der Waals surface area contributed by atoms with Gasteiger partial charge in [0.2, 0.25) is 0 Å². The van der Waals surface area contributed by atoms with Crippen LogP contribution in [0.2, 0.25) is 0 Å². The van der Waals surface area contributed by atoms with Crippen molar-refractivity contribution in [3.05, 3.63) is 82.9 Å². The molecule has 0 unspecified atom stereocenters. The number of aryl methyl sites for hydroxylation is 2. The maximum atomic E-state index is 13.2. The van der Waals surface area contributed by atoms with Gasteiger partial charge >= 0.3 is 5.97 Å². The predicted molar refractivity (Wildman–Crippen MR) is 124 cm³/mol. The number of hydrogen-bond donors (Lipinski definition) is 1. The molecule has 156 valence electrons. The lowest BCUT2D eigenvalue weighted by atomic mass is 9.97. The van der Waals surface area contributed by atoms with Gasteiger partial charge in [0.1, 0.15) is 6.54 Å². The molecule has 4 rings (SSSR count). The van der Waals surface area contributed by atoms with E-state index in [0.717, 1.165) is 39.5 Å². The normalized spacial score (nSPS) is 11.9. The second kappa shape index (κ2) is 8.19. The Morgan fingerprint density at radius 3 is 2.16 bits per heavy atom. The van der Waals surface area contributed by atoms with Gasteiger partial charge in [-0.3, -0.25) is 14.6 Å². The summed E-state index contributed by atoms with van der Waals surface area (Å²) < 4.78 is 2.22. The van der Waals surface area contributed by atoms with E-state index >= 15 is 0 Å². The van der Waals surface area contributed by atoms with Crippen molar-refractivity contribution < 1.29 is 14.7 Å². The second-order valence-corrected chi connectivity index (χ2v) is 7.65. The molecule has 4 aromatic rings. The van der Waals surface area contributed by atoms with Crippen LogP contribution in [0.25, 0.3) is 21.8 Å². The number of rotatable bonds is 6. The van der Waals surface area contributed by atoms with Crippen molar-refractivity contribution in [1.29, 1.82) is 0 Å². The summed E-state index contributed by atoms with van der Waals surface area (Å²) in [6.45, 7) is 6.40. The van der Waals surface area contributed by atoms with Crippen LogP contribution in [-0.2, 0) is 11.3 Å². The molecule has 5 nitrogen and oxygen atoms in total. The fourth-order valence-electron chi connectivity index (χ4n) is 4.07. The average molecular weight is 412 g/mol. The number of carbonyl (C=O) groups excluding carboxylic acids is 1. The van der Waals surface area contributed by atoms with Gasteiger partial charge in [-0.15, -0.1) is 0 Å². The van der Waals surface area contributed by atoms with Crippen molar-refractivity contribution in [2.75, 3.05) is 6.54 Å². The first-order valence-corrected chi connectivity index (χ1v) is 10.3. The van der Waals surface area contributed by atoms with Gasteiger partial charge in [-0.25, -0.2) is 0 Å². The van der Waals surface area contributed by atoms with Crippen molar-refractivity contribution in [1.82, 2.24) is 4.57 Å². The van der Waals surface area contributed by atoms with Crippen LogP contribution in [0.15, 0.2) is 65.7 Å². The zero-order valence-electron chi connectivity index (χ0n) is 17.8. The fraction of sp³-hybridized carbons (Fsp3) is 0.192. The van der Waals surface area contributed by atoms with Gasteiger partial charge in [0.05, 0.1) is 0 Å². The standard InChI is InChI=1S/C26H24N2O3/c1-4-28-23-11-9-18(17(3)27-15-25(29)30)13-21(23)22-14-19(10-12-24(22)28)26(31)20-8-6-5-7-16(20)2/h5-14H,4,15H2,1-3H3,(H,29,30)/b27-17+. The number of hydrogen-bond acceptors (Lipinski definition) is 3. The third-order valence-corrected chi connectivity index (χ3v) is 5.70. The van der Waals surface area contributed by atoms with Crippen molar-refractivity contribution in [2.45, 2.75) is 27.3 Å². The molecule has 1 heterocycles. The van der Waals surface area contributed by atoms with E-state index in [-0.39, 0.29) is 12.3 Å². The van der Waals surface area contributed by atoms with E-state index in [9.17, 15) is 9.59 Å². The van der Waals surface area contributed by atoms with Gasteiger partial charge in [-0.05, 0) is 62.2 Å². The number of aromatic nitrogens is 1. The predicted octanol–water partition coefficient (Wildman–Crippen LogP) is 5.25. The van der Waals surface area contributed by atoms with E-state index in [4.69, 9.17) is 5.11 Å². The Bertz CT molecular complexity index is 1360. The maximum Gasteiger partial charge on any atom is 0.325 e. The average Bonchev–Trinajstić information content (AvgIpc) is 3.09.